The summed E-state index contributed by atoms with van der Waals surface area (Å²) in [5.74, 6) is 0.563. The van der Waals surface area contributed by atoms with Crippen LogP contribution in [0.2, 0.25) is 5.02 Å². The van der Waals surface area contributed by atoms with Crippen LogP contribution in [0, 0.1) is 5.92 Å². The van der Waals surface area contributed by atoms with Gasteiger partial charge in [0.05, 0.1) is 22.8 Å². The zero-order chi connectivity index (χ0) is 14.2. The summed E-state index contributed by atoms with van der Waals surface area (Å²) < 4.78 is 5.94. The third-order valence-corrected chi connectivity index (χ3v) is 4.18. The van der Waals surface area contributed by atoms with Gasteiger partial charge in [0.2, 0.25) is 5.91 Å². The van der Waals surface area contributed by atoms with Gasteiger partial charge in [-0.3, -0.25) is 4.79 Å². The Bertz CT molecular complexity index is 516. The number of halogens is 2. The molecule has 3 N–H and O–H groups in total. The molecule has 1 fully saturated rings. The zero-order valence-corrected chi connectivity index (χ0v) is 13.1. The van der Waals surface area contributed by atoms with Crippen LogP contribution in [-0.4, -0.2) is 18.6 Å². The number of nitrogens with two attached hydrogens (primary N) is 1. The second-order valence-corrected chi connectivity index (χ2v) is 6.27. The van der Waals surface area contributed by atoms with Crippen molar-refractivity contribution in [3.8, 4) is 5.75 Å². The van der Waals surface area contributed by atoms with Crippen LogP contribution in [0.5, 0.6) is 5.75 Å². The summed E-state index contributed by atoms with van der Waals surface area (Å²) in [6.45, 7) is 1.76. The van der Waals surface area contributed by atoms with E-state index in [1.54, 1.807) is 19.1 Å². The number of benzene rings is 1. The number of amides is 1. The summed E-state index contributed by atoms with van der Waals surface area (Å²) >= 11 is 9.33. The average molecular weight is 348 g/mol. The van der Waals surface area contributed by atoms with Crippen molar-refractivity contribution >= 4 is 39.1 Å². The van der Waals surface area contributed by atoms with Crippen LogP contribution in [0.15, 0.2) is 16.6 Å². The van der Waals surface area contributed by atoms with Crippen LogP contribution in [0.3, 0.4) is 0 Å². The second-order valence-electron chi connectivity index (χ2n) is 4.98. The number of nitrogens with one attached hydrogen (secondary N) is 1. The molecule has 0 spiro atoms. The number of ether oxygens (including phenoxy) is 1. The smallest absolute Gasteiger partial charge is 0.244 e. The highest BCUT2D eigenvalue weighted by atomic mass is 79.9. The molecule has 0 aliphatic heterocycles. The van der Waals surface area contributed by atoms with Crippen LogP contribution in [-0.2, 0) is 4.79 Å². The molecule has 1 unspecified atom stereocenters. The van der Waals surface area contributed by atoms with Crippen molar-refractivity contribution in [1.29, 1.82) is 0 Å². The normalized spacial score (nSPS) is 17.7. The number of rotatable bonds is 4. The molecule has 1 aromatic carbocycles. The lowest BCUT2D eigenvalue weighted by Crippen LogP contribution is -2.50. The Kier molecular flexibility index (Phi) is 4.08. The third kappa shape index (κ3) is 3.04. The van der Waals surface area contributed by atoms with Gasteiger partial charge in [-0.15, -0.1) is 0 Å². The molecule has 0 aromatic heterocycles. The highest BCUT2D eigenvalue weighted by molar-refractivity contribution is 9.10. The van der Waals surface area contributed by atoms with E-state index in [0.29, 0.717) is 20.9 Å². The molecule has 1 aromatic rings. The van der Waals surface area contributed by atoms with Gasteiger partial charge in [0, 0.05) is 5.02 Å². The second kappa shape index (κ2) is 5.31. The minimum atomic E-state index is -0.861. The van der Waals surface area contributed by atoms with Crippen molar-refractivity contribution in [3.05, 3.63) is 21.6 Å². The van der Waals surface area contributed by atoms with Crippen molar-refractivity contribution in [2.24, 2.45) is 11.7 Å². The lowest BCUT2D eigenvalue weighted by atomic mass is 9.96. The molecule has 1 aliphatic rings. The van der Waals surface area contributed by atoms with Gasteiger partial charge < -0.3 is 15.8 Å². The van der Waals surface area contributed by atoms with Gasteiger partial charge in [0.1, 0.15) is 0 Å². The van der Waals surface area contributed by atoms with Gasteiger partial charge in [0.15, 0.2) is 5.75 Å². The zero-order valence-electron chi connectivity index (χ0n) is 10.8. The quantitative estimate of drug-likeness (QED) is 0.879. The van der Waals surface area contributed by atoms with Crippen molar-refractivity contribution in [1.82, 2.24) is 0 Å². The lowest BCUT2D eigenvalue weighted by molar-refractivity contribution is -0.121. The molecule has 4 nitrogen and oxygen atoms in total. The Morgan fingerprint density at radius 1 is 1.58 bits per heavy atom. The number of methoxy groups -OCH3 is 1. The molecule has 2 rings (SSSR count). The first-order chi connectivity index (χ1) is 8.86. The van der Waals surface area contributed by atoms with E-state index < -0.39 is 5.54 Å². The molecule has 104 valence electrons. The van der Waals surface area contributed by atoms with E-state index in [-0.39, 0.29) is 11.8 Å². The van der Waals surface area contributed by atoms with E-state index in [4.69, 9.17) is 22.1 Å². The van der Waals surface area contributed by atoms with Gasteiger partial charge in [-0.1, -0.05) is 11.6 Å². The first-order valence-electron chi connectivity index (χ1n) is 5.99. The molecular formula is C13H16BrClN2O2. The van der Waals surface area contributed by atoms with Crippen LogP contribution in [0.1, 0.15) is 19.8 Å². The summed E-state index contributed by atoms with van der Waals surface area (Å²) in [6.07, 6.45) is 1.99. The van der Waals surface area contributed by atoms with Gasteiger partial charge in [0.25, 0.3) is 0 Å². The van der Waals surface area contributed by atoms with Crippen molar-refractivity contribution in [2.75, 3.05) is 12.4 Å². The maximum Gasteiger partial charge on any atom is 0.244 e. The number of anilines is 1. The third-order valence-electron chi connectivity index (χ3n) is 3.38. The fourth-order valence-electron chi connectivity index (χ4n) is 1.99. The first-order valence-corrected chi connectivity index (χ1v) is 7.16. The van der Waals surface area contributed by atoms with Crippen molar-refractivity contribution in [2.45, 2.75) is 25.3 Å². The summed E-state index contributed by atoms with van der Waals surface area (Å²) in [4.78, 5) is 12.3. The summed E-state index contributed by atoms with van der Waals surface area (Å²) in [5.41, 5.74) is 5.74. The van der Waals surface area contributed by atoms with E-state index in [1.807, 2.05) is 0 Å². The maximum absolute atomic E-state index is 12.3. The number of carbonyl (C=O) groups is 1. The van der Waals surface area contributed by atoms with Gasteiger partial charge in [-0.2, -0.15) is 0 Å². The Hall–Kier alpha value is -0.780. The summed E-state index contributed by atoms with van der Waals surface area (Å²) in [7, 11) is 1.53. The minimum Gasteiger partial charge on any atom is -0.493 e. The molecule has 19 heavy (non-hydrogen) atoms. The molecule has 0 radical (unpaired) electrons. The fourth-order valence-corrected chi connectivity index (χ4v) is 2.96. The number of hydrogen-bond acceptors (Lipinski definition) is 3. The number of carbonyl (C=O) groups excluding carboxylic acids is 1. The van der Waals surface area contributed by atoms with E-state index in [1.165, 1.54) is 7.11 Å². The van der Waals surface area contributed by atoms with Crippen LogP contribution < -0.4 is 15.8 Å². The van der Waals surface area contributed by atoms with E-state index in [0.717, 1.165) is 12.8 Å². The Labute approximate surface area is 125 Å². The average Bonchev–Trinajstić information content (AvgIpc) is 3.12. The van der Waals surface area contributed by atoms with Gasteiger partial charge in [-0.05, 0) is 53.7 Å². The van der Waals surface area contributed by atoms with Crippen LogP contribution in [0.25, 0.3) is 0 Å². The molecule has 1 saturated carbocycles. The van der Waals surface area contributed by atoms with Crippen molar-refractivity contribution < 1.29 is 9.53 Å². The summed E-state index contributed by atoms with van der Waals surface area (Å²) in [6, 6.07) is 3.35. The Morgan fingerprint density at radius 2 is 2.21 bits per heavy atom. The molecule has 1 amide bonds. The van der Waals surface area contributed by atoms with E-state index in [9.17, 15) is 4.79 Å². The van der Waals surface area contributed by atoms with E-state index in [2.05, 4.69) is 21.2 Å². The SMILES string of the molecule is COc1c(Br)cc(Cl)cc1NC(=O)C(C)(N)C1CC1. The molecule has 6 heteroatoms. The Morgan fingerprint density at radius 3 is 2.74 bits per heavy atom. The van der Waals surface area contributed by atoms with Gasteiger partial charge >= 0.3 is 0 Å². The lowest BCUT2D eigenvalue weighted by Gasteiger charge is -2.24. The van der Waals surface area contributed by atoms with Crippen LogP contribution >= 0.6 is 27.5 Å². The minimum absolute atomic E-state index is 0.220. The molecule has 0 bridgehead atoms. The largest absolute Gasteiger partial charge is 0.493 e. The number of hydrogen-bond donors (Lipinski definition) is 2. The molecule has 1 atom stereocenters. The molecule has 0 heterocycles. The molecule has 1 aliphatic carbocycles. The first kappa shape index (κ1) is 14.6. The van der Waals surface area contributed by atoms with Crippen LogP contribution in [0.4, 0.5) is 5.69 Å². The van der Waals surface area contributed by atoms with Crippen molar-refractivity contribution in [3.63, 3.8) is 0 Å². The highest BCUT2D eigenvalue weighted by Crippen LogP contribution is 2.40. The fraction of sp³-hybridized carbons (Fsp3) is 0.462. The standard InChI is InChI=1S/C13H16BrClN2O2/c1-13(16,7-3-4-7)12(18)17-10-6-8(15)5-9(14)11(10)19-2/h5-7H,3-4,16H2,1-2H3,(H,17,18). The highest BCUT2D eigenvalue weighted by Gasteiger charge is 2.44. The van der Waals surface area contributed by atoms with Gasteiger partial charge in [-0.25, -0.2) is 0 Å². The predicted molar refractivity (Wildman–Crippen MR) is 79.7 cm³/mol. The Balaban J connectivity index is 2.25. The molecule has 0 saturated heterocycles. The summed E-state index contributed by atoms with van der Waals surface area (Å²) in [5, 5.41) is 3.31. The molecular weight excluding hydrogens is 332 g/mol. The topological polar surface area (TPSA) is 64.3 Å². The van der Waals surface area contributed by atoms with E-state index >= 15 is 0 Å². The maximum atomic E-state index is 12.3. The monoisotopic (exact) mass is 346 g/mol. The predicted octanol–water partition coefficient (Wildman–Crippen LogP) is 3.18.